The highest BCUT2D eigenvalue weighted by Gasteiger charge is 2.21. The Morgan fingerprint density at radius 3 is 2.65 bits per heavy atom. The van der Waals surface area contributed by atoms with E-state index >= 15 is 0 Å². The Morgan fingerprint density at radius 1 is 1.35 bits per heavy atom. The summed E-state index contributed by atoms with van der Waals surface area (Å²) in [7, 11) is 0. The summed E-state index contributed by atoms with van der Waals surface area (Å²) in [4.78, 5) is 0. The average Bonchev–Trinajstić information content (AvgIpc) is 2.30. The Labute approximate surface area is 112 Å². The first-order valence-electron chi connectivity index (χ1n) is 6.29. The molecule has 0 radical (unpaired) electrons. The Balaban J connectivity index is 3.00. The molecule has 1 rings (SSSR count). The Kier molecular flexibility index (Phi) is 6.14. The van der Waals surface area contributed by atoms with Crippen LogP contribution >= 0.6 is 15.9 Å². The van der Waals surface area contributed by atoms with Gasteiger partial charge in [-0.2, -0.15) is 0 Å². The third kappa shape index (κ3) is 3.78. The van der Waals surface area contributed by atoms with E-state index in [1.54, 1.807) is 6.07 Å². The second-order valence-corrected chi connectivity index (χ2v) is 5.24. The topological polar surface area (TPSA) is 12.0 Å². The van der Waals surface area contributed by atoms with Crippen molar-refractivity contribution in [3.63, 3.8) is 0 Å². The first kappa shape index (κ1) is 14.7. The number of benzene rings is 1. The molecule has 0 aromatic heterocycles. The Hall–Kier alpha value is -0.410. The van der Waals surface area contributed by atoms with Gasteiger partial charge in [0.05, 0.1) is 4.47 Å². The minimum atomic E-state index is -0.186. The van der Waals surface area contributed by atoms with E-state index in [0.717, 1.165) is 24.9 Å². The molecular weight excluding hydrogens is 281 g/mol. The molecule has 0 aliphatic rings. The third-order valence-corrected chi connectivity index (χ3v) is 3.89. The van der Waals surface area contributed by atoms with E-state index in [1.807, 2.05) is 6.07 Å². The van der Waals surface area contributed by atoms with E-state index in [9.17, 15) is 4.39 Å². The van der Waals surface area contributed by atoms with Gasteiger partial charge in [0, 0.05) is 6.04 Å². The van der Waals surface area contributed by atoms with Crippen LogP contribution in [-0.4, -0.2) is 6.54 Å². The molecule has 0 saturated carbocycles. The van der Waals surface area contributed by atoms with Gasteiger partial charge in [0.25, 0.3) is 0 Å². The molecule has 2 atom stereocenters. The van der Waals surface area contributed by atoms with E-state index in [1.165, 1.54) is 6.07 Å². The third-order valence-electron chi connectivity index (χ3n) is 3.05. The summed E-state index contributed by atoms with van der Waals surface area (Å²) < 4.78 is 14.1. The summed E-state index contributed by atoms with van der Waals surface area (Å²) >= 11 is 3.36. The lowest BCUT2D eigenvalue weighted by Crippen LogP contribution is -2.27. The molecule has 17 heavy (non-hydrogen) atoms. The van der Waals surface area contributed by atoms with Crippen molar-refractivity contribution in [1.29, 1.82) is 0 Å². The zero-order valence-corrected chi connectivity index (χ0v) is 12.3. The molecule has 0 heterocycles. The van der Waals surface area contributed by atoms with E-state index in [0.29, 0.717) is 10.4 Å². The van der Waals surface area contributed by atoms with E-state index in [-0.39, 0.29) is 11.9 Å². The molecule has 0 spiro atoms. The summed E-state index contributed by atoms with van der Waals surface area (Å²) in [5.74, 6) is 0.312. The second kappa shape index (κ2) is 7.12. The van der Waals surface area contributed by atoms with Crippen LogP contribution in [0.4, 0.5) is 4.39 Å². The molecule has 0 bridgehead atoms. The average molecular weight is 302 g/mol. The summed E-state index contributed by atoms with van der Waals surface area (Å²) in [6.45, 7) is 7.37. The maximum absolute atomic E-state index is 13.6. The van der Waals surface area contributed by atoms with Gasteiger partial charge in [0.15, 0.2) is 0 Å². The molecule has 1 aromatic carbocycles. The maximum atomic E-state index is 13.6. The molecule has 1 aromatic rings. The predicted octanol–water partition coefficient (Wildman–Crippen LogP) is 4.68. The number of halogens is 2. The number of hydrogen-bond donors (Lipinski definition) is 1. The van der Waals surface area contributed by atoms with Crippen LogP contribution in [0.25, 0.3) is 0 Å². The van der Waals surface area contributed by atoms with Gasteiger partial charge in [0.2, 0.25) is 0 Å². The van der Waals surface area contributed by atoms with Gasteiger partial charge in [-0.1, -0.05) is 39.3 Å². The zero-order valence-electron chi connectivity index (χ0n) is 10.8. The van der Waals surface area contributed by atoms with Crippen molar-refractivity contribution in [2.24, 2.45) is 5.92 Å². The van der Waals surface area contributed by atoms with Crippen LogP contribution in [0.1, 0.15) is 45.2 Å². The van der Waals surface area contributed by atoms with Crippen molar-refractivity contribution in [3.05, 3.63) is 34.1 Å². The zero-order chi connectivity index (χ0) is 12.8. The number of nitrogens with one attached hydrogen (secondary N) is 1. The van der Waals surface area contributed by atoms with Crippen molar-refractivity contribution in [3.8, 4) is 0 Å². The fourth-order valence-electron chi connectivity index (χ4n) is 2.22. The van der Waals surface area contributed by atoms with Gasteiger partial charge in [-0.25, -0.2) is 4.39 Å². The van der Waals surface area contributed by atoms with Crippen LogP contribution in [0.15, 0.2) is 22.7 Å². The van der Waals surface area contributed by atoms with E-state index in [2.05, 4.69) is 42.0 Å². The van der Waals surface area contributed by atoms with Crippen LogP contribution < -0.4 is 5.32 Å². The van der Waals surface area contributed by atoms with Crippen LogP contribution in [0.2, 0.25) is 0 Å². The molecule has 2 unspecified atom stereocenters. The largest absolute Gasteiger partial charge is 0.310 e. The van der Waals surface area contributed by atoms with Crippen molar-refractivity contribution in [1.82, 2.24) is 5.32 Å². The molecule has 0 amide bonds. The van der Waals surface area contributed by atoms with Gasteiger partial charge in [-0.15, -0.1) is 0 Å². The second-order valence-electron chi connectivity index (χ2n) is 4.44. The lowest BCUT2D eigenvalue weighted by Gasteiger charge is -2.26. The van der Waals surface area contributed by atoms with Crippen molar-refractivity contribution in [2.45, 2.75) is 39.7 Å². The first-order valence-corrected chi connectivity index (χ1v) is 7.08. The van der Waals surface area contributed by atoms with Crippen molar-refractivity contribution in [2.75, 3.05) is 6.54 Å². The minimum absolute atomic E-state index is 0.186. The summed E-state index contributed by atoms with van der Waals surface area (Å²) in [6.07, 6.45) is 2.29. The highest BCUT2D eigenvalue weighted by molar-refractivity contribution is 9.10. The van der Waals surface area contributed by atoms with Crippen molar-refractivity contribution < 1.29 is 4.39 Å². The Morgan fingerprint density at radius 2 is 2.06 bits per heavy atom. The number of rotatable bonds is 6. The van der Waals surface area contributed by atoms with Crippen molar-refractivity contribution >= 4 is 15.9 Å². The number of hydrogen-bond acceptors (Lipinski definition) is 1. The van der Waals surface area contributed by atoms with Gasteiger partial charge >= 0.3 is 0 Å². The van der Waals surface area contributed by atoms with Crippen LogP contribution in [-0.2, 0) is 0 Å². The quantitative estimate of drug-likeness (QED) is 0.805. The SMILES string of the molecule is CCCC(C)C(NCC)c1cccc(F)c1Br. The molecule has 1 N–H and O–H groups in total. The normalized spacial score (nSPS) is 14.6. The fourth-order valence-corrected chi connectivity index (χ4v) is 2.73. The van der Waals surface area contributed by atoms with Gasteiger partial charge in [0.1, 0.15) is 5.82 Å². The molecule has 0 aliphatic carbocycles. The van der Waals surface area contributed by atoms with E-state index < -0.39 is 0 Å². The molecule has 0 fully saturated rings. The van der Waals surface area contributed by atoms with Gasteiger partial charge in [-0.3, -0.25) is 0 Å². The summed E-state index contributed by atoms with van der Waals surface area (Å²) in [5, 5.41) is 3.45. The minimum Gasteiger partial charge on any atom is -0.310 e. The molecule has 0 aliphatic heterocycles. The lowest BCUT2D eigenvalue weighted by molar-refractivity contribution is 0.367. The molecule has 1 nitrogen and oxygen atoms in total. The smallest absolute Gasteiger partial charge is 0.137 e. The van der Waals surface area contributed by atoms with Gasteiger partial charge in [-0.05, 0) is 46.4 Å². The Bertz CT molecular complexity index is 354. The fraction of sp³-hybridized carbons (Fsp3) is 0.571. The summed E-state index contributed by atoms with van der Waals surface area (Å²) in [6, 6.07) is 5.47. The molecule has 96 valence electrons. The van der Waals surface area contributed by atoms with Crippen LogP contribution in [0.5, 0.6) is 0 Å². The van der Waals surface area contributed by atoms with Gasteiger partial charge < -0.3 is 5.32 Å². The monoisotopic (exact) mass is 301 g/mol. The highest BCUT2D eigenvalue weighted by Crippen LogP contribution is 2.32. The maximum Gasteiger partial charge on any atom is 0.137 e. The highest BCUT2D eigenvalue weighted by atomic mass is 79.9. The van der Waals surface area contributed by atoms with E-state index in [4.69, 9.17) is 0 Å². The molecule has 3 heteroatoms. The van der Waals surface area contributed by atoms with Crippen LogP contribution in [0.3, 0.4) is 0 Å². The molecular formula is C14H21BrFN. The lowest BCUT2D eigenvalue weighted by atomic mass is 9.91. The first-order chi connectivity index (χ1) is 8.11. The predicted molar refractivity (Wildman–Crippen MR) is 74.6 cm³/mol. The summed E-state index contributed by atoms with van der Waals surface area (Å²) in [5.41, 5.74) is 1.02. The molecule has 0 saturated heterocycles. The standard InChI is InChI=1S/C14H21BrFN/c1-4-7-10(3)14(17-5-2)11-8-6-9-12(16)13(11)15/h6,8-10,14,17H,4-5,7H2,1-3H3. The van der Waals surface area contributed by atoms with Crippen LogP contribution in [0, 0.1) is 11.7 Å².